The fourth-order valence-corrected chi connectivity index (χ4v) is 1.94. The van der Waals surface area contributed by atoms with Crippen LogP contribution in [0, 0.1) is 12.3 Å². The van der Waals surface area contributed by atoms with Crippen LogP contribution in [0.25, 0.3) is 0 Å². The Hall–Kier alpha value is -0.0100. The quantitative estimate of drug-likeness (QED) is 0.611. The van der Waals surface area contributed by atoms with Crippen LogP contribution >= 0.6 is 31.9 Å². The molecular weight excluding hydrogens is 274 g/mol. The third-order valence-corrected chi connectivity index (χ3v) is 2.34. The third-order valence-electron chi connectivity index (χ3n) is 1.01. The van der Waals surface area contributed by atoms with E-state index in [4.69, 9.17) is 6.42 Å². The van der Waals surface area contributed by atoms with Gasteiger partial charge in [-0.2, -0.15) is 0 Å². The highest BCUT2D eigenvalue weighted by Crippen LogP contribution is 2.06. The van der Waals surface area contributed by atoms with E-state index in [-0.39, 0.29) is 10.7 Å². The zero-order chi connectivity index (χ0) is 8.69. The number of amides is 1. The number of carbonyl (C=O) groups is 1. The molecule has 0 aliphatic carbocycles. The zero-order valence-corrected chi connectivity index (χ0v) is 9.11. The van der Waals surface area contributed by atoms with Crippen LogP contribution in [0.4, 0.5) is 0 Å². The second-order valence-corrected chi connectivity index (χ2v) is 3.77. The molecule has 0 saturated heterocycles. The Morgan fingerprint density at radius 1 is 1.73 bits per heavy atom. The molecule has 0 aromatic carbocycles. The molecule has 0 radical (unpaired) electrons. The van der Waals surface area contributed by atoms with Gasteiger partial charge in [-0.3, -0.25) is 4.79 Å². The average molecular weight is 283 g/mol. The maximum absolute atomic E-state index is 11.0. The van der Waals surface area contributed by atoms with Crippen molar-refractivity contribution >= 4 is 37.8 Å². The number of hydrogen-bond donors (Lipinski definition) is 1. The topological polar surface area (TPSA) is 29.1 Å². The normalized spacial score (nSPS) is 11.7. The molecule has 4 heteroatoms. The summed E-state index contributed by atoms with van der Waals surface area (Å²) >= 11 is 6.46. The summed E-state index contributed by atoms with van der Waals surface area (Å²) in [7, 11) is 0. The Balaban J connectivity index is 3.57. The van der Waals surface area contributed by atoms with Crippen molar-refractivity contribution in [1.82, 2.24) is 5.32 Å². The van der Waals surface area contributed by atoms with Gasteiger partial charge in [0.25, 0.3) is 0 Å². The summed E-state index contributed by atoms with van der Waals surface area (Å²) in [4.78, 5) is 10.9. The first-order chi connectivity index (χ1) is 5.22. The minimum atomic E-state index is -0.143. The summed E-state index contributed by atoms with van der Waals surface area (Å²) in [5, 5.41) is 3.37. The van der Waals surface area contributed by atoms with Gasteiger partial charge >= 0.3 is 0 Å². The average Bonchev–Trinajstić information content (AvgIpc) is 2.00. The molecule has 0 rings (SSSR count). The van der Waals surface area contributed by atoms with E-state index in [2.05, 4.69) is 43.1 Å². The molecule has 0 spiro atoms. The van der Waals surface area contributed by atoms with Crippen molar-refractivity contribution in [3.05, 3.63) is 0 Å². The second kappa shape index (κ2) is 6.68. The second-order valence-electron chi connectivity index (χ2n) is 1.87. The fraction of sp³-hybridized carbons (Fsp3) is 0.571. The van der Waals surface area contributed by atoms with E-state index in [0.717, 1.165) is 11.8 Å². The molecule has 0 aromatic rings. The van der Waals surface area contributed by atoms with Crippen LogP contribution in [0.1, 0.15) is 6.42 Å². The van der Waals surface area contributed by atoms with Gasteiger partial charge in [-0.05, 0) is 6.42 Å². The molecule has 0 fully saturated rings. The number of hydrogen-bond acceptors (Lipinski definition) is 1. The van der Waals surface area contributed by atoms with E-state index in [1.165, 1.54) is 0 Å². The van der Waals surface area contributed by atoms with Gasteiger partial charge in [0.15, 0.2) is 0 Å². The van der Waals surface area contributed by atoms with E-state index in [1.54, 1.807) is 0 Å². The van der Waals surface area contributed by atoms with Crippen LogP contribution in [-0.2, 0) is 4.79 Å². The van der Waals surface area contributed by atoms with Crippen LogP contribution in [-0.4, -0.2) is 22.6 Å². The Labute approximate surface area is 83.4 Å². The van der Waals surface area contributed by atoms with Crippen molar-refractivity contribution in [1.29, 1.82) is 0 Å². The maximum atomic E-state index is 11.0. The first-order valence-corrected chi connectivity index (χ1v) is 5.17. The highest BCUT2D eigenvalue weighted by molar-refractivity contribution is 9.10. The first-order valence-electron chi connectivity index (χ1n) is 3.13. The lowest BCUT2D eigenvalue weighted by Crippen LogP contribution is -2.31. The molecule has 11 heavy (non-hydrogen) atoms. The van der Waals surface area contributed by atoms with Crippen LogP contribution in [0.2, 0.25) is 0 Å². The molecule has 0 aromatic heterocycles. The lowest BCUT2D eigenvalue weighted by molar-refractivity contribution is -0.120. The number of rotatable bonds is 4. The number of terminal acetylenes is 1. The van der Waals surface area contributed by atoms with Crippen molar-refractivity contribution in [2.24, 2.45) is 0 Å². The van der Waals surface area contributed by atoms with Gasteiger partial charge in [-0.15, -0.1) is 6.42 Å². The van der Waals surface area contributed by atoms with Gasteiger partial charge in [0.1, 0.15) is 0 Å². The Morgan fingerprint density at radius 2 is 2.36 bits per heavy atom. The highest BCUT2D eigenvalue weighted by atomic mass is 79.9. The third kappa shape index (κ3) is 5.28. The van der Waals surface area contributed by atoms with Gasteiger partial charge < -0.3 is 5.32 Å². The zero-order valence-electron chi connectivity index (χ0n) is 5.94. The molecule has 2 nitrogen and oxygen atoms in total. The smallest absolute Gasteiger partial charge is 0.234 e. The summed E-state index contributed by atoms with van der Waals surface area (Å²) in [5.74, 6) is 2.28. The predicted molar refractivity (Wildman–Crippen MR) is 53.0 cm³/mol. The van der Waals surface area contributed by atoms with Crippen molar-refractivity contribution in [3.63, 3.8) is 0 Å². The number of carbonyl (C=O) groups excluding carboxylic acids is 1. The Kier molecular flexibility index (Phi) is 6.68. The molecular formula is C7H9Br2NO. The van der Waals surface area contributed by atoms with Gasteiger partial charge in [0.2, 0.25) is 5.91 Å². The van der Waals surface area contributed by atoms with Crippen LogP contribution in [0.5, 0.6) is 0 Å². The van der Waals surface area contributed by atoms with Crippen LogP contribution in [0.3, 0.4) is 0 Å². The lowest BCUT2D eigenvalue weighted by Gasteiger charge is -2.05. The predicted octanol–water partition coefficient (Wildman–Crippen LogP) is 1.28. The van der Waals surface area contributed by atoms with E-state index < -0.39 is 0 Å². The van der Waals surface area contributed by atoms with E-state index in [9.17, 15) is 4.79 Å². The molecule has 1 N–H and O–H groups in total. The standard InChI is InChI=1S/C7H9Br2NO/c1-2-5-10-7(11)6(9)3-4-8/h1,6H,3-5H2,(H,10,11). The highest BCUT2D eigenvalue weighted by Gasteiger charge is 2.11. The van der Waals surface area contributed by atoms with Gasteiger partial charge in [-0.25, -0.2) is 0 Å². The molecule has 0 bridgehead atoms. The fourth-order valence-electron chi connectivity index (χ4n) is 0.476. The van der Waals surface area contributed by atoms with E-state index in [0.29, 0.717) is 6.54 Å². The van der Waals surface area contributed by atoms with Crippen molar-refractivity contribution in [2.45, 2.75) is 11.2 Å². The summed E-state index contributed by atoms with van der Waals surface area (Å²) < 4.78 is 0. The molecule has 0 heterocycles. The molecule has 1 atom stereocenters. The van der Waals surface area contributed by atoms with Crippen molar-refractivity contribution in [3.8, 4) is 12.3 Å². The van der Waals surface area contributed by atoms with E-state index in [1.807, 2.05) is 0 Å². The van der Waals surface area contributed by atoms with Gasteiger partial charge in [0, 0.05) is 5.33 Å². The number of alkyl halides is 2. The minimum absolute atomic E-state index is 0.0533. The number of halogens is 2. The monoisotopic (exact) mass is 281 g/mol. The van der Waals surface area contributed by atoms with Crippen LogP contribution < -0.4 is 5.32 Å². The minimum Gasteiger partial charge on any atom is -0.344 e. The molecule has 0 aliphatic rings. The maximum Gasteiger partial charge on any atom is 0.234 e. The lowest BCUT2D eigenvalue weighted by atomic mass is 10.3. The van der Waals surface area contributed by atoms with Crippen molar-refractivity contribution < 1.29 is 4.79 Å². The summed E-state index contributed by atoms with van der Waals surface area (Å²) in [5.41, 5.74) is 0. The summed E-state index contributed by atoms with van der Waals surface area (Å²) in [6.07, 6.45) is 5.72. The van der Waals surface area contributed by atoms with E-state index >= 15 is 0 Å². The van der Waals surface area contributed by atoms with Crippen molar-refractivity contribution in [2.75, 3.05) is 11.9 Å². The summed E-state index contributed by atoms with van der Waals surface area (Å²) in [6, 6.07) is 0. The van der Waals surface area contributed by atoms with Crippen LogP contribution in [0.15, 0.2) is 0 Å². The summed E-state index contributed by atoms with van der Waals surface area (Å²) in [6.45, 7) is 0.295. The molecule has 1 unspecified atom stereocenters. The SMILES string of the molecule is C#CCNC(=O)C(Br)CCBr. The first kappa shape index (κ1) is 11.0. The number of nitrogens with one attached hydrogen (secondary N) is 1. The molecule has 0 aliphatic heterocycles. The Morgan fingerprint density at radius 3 is 2.82 bits per heavy atom. The van der Waals surface area contributed by atoms with Gasteiger partial charge in [0.05, 0.1) is 11.4 Å². The molecule has 62 valence electrons. The Bertz CT molecular complexity index is 164. The molecule has 1 amide bonds. The van der Waals surface area contributed by atoms with Gasteiger partial charge in [-0.1, -0.05) is 37.8 Å². The molecule has 0 saturated carbocycles. The largest absolute Gasteiger partial charge is 0.344 e.